The highest BCUT2D eigenvalue weighted by Gasteiger charge is 2.15. The molecule has 21 heavy (non-hydrogen) atoms. The second-order valence-corrected chi connectivity index (χ2v) is 8.39. The second kappa shape index (κ2) is 7.22. The van der Waals surface area contributed by atoms with Gasteiger partial charge < -0.3 is 10.1 Å². The quantitative estimate of drug-likeness (QED) is 0.839. The molecule has 0 unspecified atom stereocenters. The van der Waals surface area contributed by atoms with Gasteiger partial charge in [0.1, 0.15) is 6.61 Å². The van der Waals surface area contributed by atoms with Gasteiger partial charge in [-0.2, -0.15) is 0 Å². The average molecular weight is 317 g/mol. The van der Waals surface area contributed by atoms with Gasteiger partial charge in [0.25, 0.3) is 0 Å². The summed E-state index contributed by atoms with van der Waals surface area (Å²) in [7, 11) is -3.11. The highest BCUT2D eigenvalue weighted by molar-refractivity contribution is 7.91. The summed E-state index contributed by atoms with van der Waals surface area (Å²) in [5.41, 5.74) is 0.577. The van der Waals surface area contributed by atoms with Crippen LogP contribution in [0.4, 0.5) is 4.39 Å². The van der Waals surface area contributed by atoms with E-state index in [4.69, 9.17) is 4.74 Å². The van der Waals surface area contributed by atoms with Crippen LogP contribution in [0, 0.1) is 5.82 Å². The van der Waals surface area contributed by atoms with Gasteiger partial charge in [-0.25, -0.2) is 12.8 Å². The molecule has 0 aromatic heterocycles. The molecule has 0 aliphatic rings. The summed E-state index contributed by atoms with van der Waals surface area (Å²) in [6, 6.07) is 4.69. The van der Waals surface area contributed by atoms with Gasteiger partial charge in [-0.15, -0.1) is 0 Å². The van der Waals surface area contributed by atoms with Crippen LogP contribution in [0.25, 0.3) is 0 Å². The fourth-order valence-electron chi connectivity index (χ4n) is 1.63. The first-order valence-electron chi connectivity index (χ1n) is 7.00. The number of halogens is 1. The van der Waals surface area contributed by atoms with E-state index < -0.39 is 15.7 Å². The smallest absolute Gasteiger partial charge is 0.165 e. The van der Waals surface area contributed by atoms with Crippen LogP contribution in [0.1, 0.15) is 33.3 Å². The Kier molecular flexibility index (Phi) is 6.16. The van der Waals surface area contributed by atoms with Crippen molar-refractivity contribution in [1.29, 1.82) is 0 Å². The van der Waals surface area contributed by atoms with Crippen LogP contribution in [0.15, 0.2) is 18.2 Å². The maximum absolute atomic E-state index is 13.9. The number of ether oxygens (including phenoxy) is 1. The molecule has 120 valence electrons. The molecule has 1 N–H and O–H groups in total. The lowest BCUT2D eigenvalue weighted by molar-refractivity contribution is 0.314. The van der Waals surface area contributed by atoms with E-state index >= 15 is 0 Å². The maximum atomic E-state index is 13.9. The number of hydrogen-bond acceptors (Lipinski definition) is 4. The highest BCUT2D eigenvalue weighted by Crippen LogP contribution is 2.23. The van der Waals surface area contributed by atoms with Crippen LogP contribution in [0.3, 0.4) is 0 Å². The second-order valence-electron chi connectivity index (χ2n) is 5.92. The van der Waals surface area contributed by atoms with Crippen LogP contribution < -0.4 is 10.1 Å². The minimum absolute atomic E-state index is 0.0420. The van der Waals surface area contributed by atoms with Gasteiger partial charge in [-0.05, 0) is 26.8 Å². The molecule has 6 heteroatoms. The Morgan fingerprint density at radius 3 is 2.52 bits per heavy atom. The van der Waals surface area contributed by atoms with E-state index in [0.717, 1.165) is 0 Å². The van der Waals surface area contributed by atoms with Crippen molar-refractivity contribution in [1.82, 2.24) is 5.32 Å². The van der Waals surface area contributed by atoms with Crippen LogP contribution in [0.5, 0.6) is 5.75 Å². The van der Waals surface area contributed by atoms with Gasteiger partial charge in [-0.1, -0.05) is 19.1 Å². The first-order valence-corrected chi connectivity index (χ1v) is 8.82. The minimum Gasteiger partial charge on any atom is -0.489 e. The van der Waals surface area contributed by atoms with Crippen molar-refractivity contribution in [2.45, 2.75) is 39.8 Å². The monoisotopic (exact) mass is 317 g/mol. The molecular weight excluding hydrogens is 293 g/mol. The van der Waals surface area contributed by atoms with E-state index in [1.807, 2.05) is 20.8 Å². The standard InChI is InChI=1S/C15H24FNO3S/c1-5-21(18,19)10-9-20-14-12(7-6-8-13(14)16)11-17-15(2,3)4/h6-8,17H,5,9-11H2,1-4H3. The Morgan fingerprint density at radius 2 is 1.95 bits per heavy atom. The van der Waals surface area contributed by atoms with E-state index in [1.165, 1.54) is 6.07 Å². The average Bonchev–Trinajstić information content (AvgIpc) is 2.38. The number of rotatable bonds is 7. The zero-order chi connectivity index (χ0) is 16.1. The van der Waals surface area contributed by atoms with Gasteiger partial charge >= 0.3 is 0 Å². The molecule has 0 aliphatic carbocycles. The molecule has 0 bridgehead atoms. The van der Waals surface area contributed by atoms with Crippen molar-refractivity contribution in [3.8, 4) is 5.75 Å². The molecule has 0 saturated carbocycles. The topological polar surface area (TPSA) is 55.4 Å². The van der Waals surface area contributed by atoms with Crippen molar-refractivity contribution in [2.75, 3.05) is 18.1 Å². The van der Waals surface area contributed by atoms with E-state index in [-0.39, 0.29) is 29.4 Å². The molecule has 1 rings (SSSR count). The third kappa shape index (κ3) is 6.44. The molecule has 0 aliphatic heterocycles. The van der Waals surface area contributed by atoms with Gasteiger partial charge in [0, 0.05) is 23.4 Å². The molecule has 1 aromatic carbocycles. The van der Waals surface area contributed by atoms with E-state index in [1.54, 1.807) is 19.1 Å². The molecule has 0 amide bonds. The molecule has 1 aromatic rings. The number of benzene rings is 1. The summed E-state index contributed by atoms with van der Waals surface area (Å²) in [5, 5.41) is 3.26. The normalized spacial score (nSPS) is 12.4. The Bertz CT molecular complexity index is 565. The summed E-state index contributed by atoms with van der Waals surface area (Å²) < 4.78 is 42.1. The van der Waals surface area contributed by atoms with Crippen LogP contribution in [-0.4, -0.2) is 32.1 Å². The maximum Gasteiger partial charge on any atom is 0.165 e. The predicted octanol–water partition coefficient (Wildman–Crippen LogP) is 2.53. The number of sulfone groups is 1. The summed E-state index contributed by atoms with van der Waals surface area (Å²) in [4.78, 5) is 0. The molecule has 0 heterocycles. The Balaban J connectivity index is 2.76. The first kappa shape index (κ1) is 17.9. The fraction of sp³-hybridized carbons (Fsp3) is 0.600. The lowest BCUT2D eigenvalue weighted by atomic mass is 10.1. The largest absolute Gasteiger partial charge is 0.489 e. The number of nitrogens with one attached hydrogen (secondary N) is 1. The fourth-order valence-corrected chi connectivity index (χ4v) is 2.26. The molecule has 0 saturated heterocycles. The van der Waals surface area contributed by atoms with Crippen molar-refractivity contribution in [2.24, 2.45) is 0 Å². The third-order valence-corrected chi connectivity index (χ3v) is 4.61. The molecule has 0 atom stereocenters. The van der Waals surface area contributed by atoms with Crippen molar-refractivity contribution in [3.05, 3.63) is 29.6 Å². The van der Waals surface area contributed by atoms with Crippen LogP contribution >= 0.6 is 0 Å². The zero-order valence-electron chi connectivity index (χ0n) is 13.1. The summed E-state index contributed by atoms with van der Waals surface area (Å²) >= 11 is 0. The molecule has 0 fully saturated rings. The predicted molar refractivity (Wildman–Crippen MR) is 82.8 cm³/mol. The summed E-state index contributed by atoms with van der Waals surface area (Å²) in [5.74, 6) is -0.395. The van der Waals surface area contributed by atoms with Gasteiger partial charge in [-0.3, -0.25) is 0 Å². The molecular formula is C15H24FNO3S. The molecule has 0 radical (unpaired) electrons. The van der Waals surface area contributed by atoms with E-state index in [2.05, 4.69) is 5.32 Å². The van der Waals surface area contributed by atoms with E-state index in [9.17, 15) is 12.8 Å². The first-order chi connectivity index (χ1) is 9.64. The Morgan fingerprint density at radius 1 is 1.29 bits per heavy atom. The molecule has 0 spiro atoms. The lowest BCUT2D eigenvalue weighted by Crippen LogP contribution is -2.35. The Hall–Kier alpha value is -1.14. The summed E-state index contributed by atoms with van der Waals surface area (Å²) in [6.45, 7) is 8.04. The minimum atomic E-state index is -3.11. The van der Waals surface area contributed by atoms with Gasteiger partial charge in [0.05, 0.1) is 5.75 Å². The Labute approximate surface area is 126 Å². The van der Waals surface area contributed by atoms with Gasteiger partial charge in [0.15, 0.2) is 21.4 Å². The van der Waals surface area contributed by atoms with Gasteiger partial charge in [0.2, 0.25) is 0 Å². The van der Waals surface area contributed by atoms with Crippen molar-refractivity contribution >= 4 is 9.84 Å². The SMILES string of the molecule is CCS(=O)(=O)CCOc1c(F)cccc1CNC(C)(C)C. The van der Waals surface area contributed by atoms with Crippen molar-refractivity contribution < 1.29 is 17.5 Å². The van der Waals surface area contributed by atoms with E-state index in [0.29, 0.717) is 12.1 Å². The lowest BCUT2D eigenvalue weighted by Gasteiger charge is -2.21. The number of para-hydroxylation sites is 1. The van der Waals surface area contributed by atoms with Crippen LogP contribution in [0.2, 0.25) is 0 Å². The summed E-state index contributed by atoms with van der Waals surface area (Å²) in [6.07, 6.45) is 0. The highest BCUT2D eigenvalue weighted by atomic mass is 32.2. The number of hydrogen-bond donors (Lipinski definition) is 1. The molecule has 4 nitrogen and oxygen atoms in total. The van der Waals surface area contributed by atoms with Crippen LogP contribution in [-0.2, 0) is 16.4 Å². The zero-order valence-corrected chi connectivity index (χ0v) is 13.9. The van der Waals surface area contributed by atoms with Crippen molar-refractivity contribution in [3.63, 3.8) is 0 Å². The third-order valence-electron chi connectivity index (χ3n) is 2.94.